The highest BCUT2D eigenvalue weighted by Gasteiger charge is 2.34. The van der Waals surface area contributed by atoms with Crippen LogP contribution in [-0.2, 0) is 23.4 Å². The molecule has 0 aliphatic heterocycles. The lowest BCUT2D eigenvalue weighted by molar-refractivity contribution is -0.212. The summed E-state index contributed by atoms with van der Waals surface area (Å²) >= 11 is 0. The Morgan fingerprint density at radius 1 is 1.09 bits per heavy atom. The first-order valence-electron chi connectivity index (χ1n) is 9.38. The quantitative estimate of drug-likeness (QED) is 0.419. The van der Waals surface area contributed by atoms with Gasteiger partial charge in [-0.05, 0) is 25.1 Å². The van der Waals surface area contributed by atoms with Gasteiger partial charge in [-0.25, -0.2) is 12.4 Å². The van der Waals surface area contributed by atoms with Crippen LogP contribution in [0.3, 0.4) is 0 Å². The molecule has 0 atom stereocenters. The summed E-state index contributed by atoms with van der Waals surface area (Å²) in [5, 5.41) is 22.7. The van der Waals surface area contributed by atoms with Gasteiger partial charge >= 0.3 is 13.4 Å². The number of benzene rings is 1. The van der Waals surface area contributed by atoms with E-state index in [4.69, 9.17) is 0 Å². The number of hydrogen-bond acceptors (Lipinski definition) is 6. The largest absolute Gasteiger partial charge is 0.504 e. The topological polar surface area (TPSA) is 119 Å². The molecular weight excluding hydrogens is 464 g/mol. The van der Waals surface area contributed by atoms with Gasteiger partial charge in [0.25, 0.3) is 15.6 Å². The Morgan fingerprint density at radius 3 is 2.27 bits per heavy atom. The van der Waals surface area contributed by atoms with E-state index >= 15 is 0 Å². The Morgan fingerprint density at radius 2 is 1.73 bits per heavy atom. The third-order valence-corrected chi connectivity index (χ3v) is 6.83. The summed E-state index contributed by atoms with van der Waals surface area (Å²) in [6.07, 6.45) is -2.36. The lowest BCUT2D eigenvalue weighted by atomic mass is 9.79. The van der Waals surface area contributed by atoms with Crippen molar-refractivity contribution in [3.63, 3.8) is 0 Å². The Hall–Kier alpha value is -3.36. The smallest absolute Gasteiger partial charge is 0.423 e. The van der Waals surface area contributed by atoms with E-state index < -0.39 is 34.5 Å². The third-order valence-electron chi connectivity index (χ3n) is 5.10. The van der Waals surface area contributed by atoms with E-state index in [1.807, 2.05) is 0 Å². The van der Waals surface area contributed by atoms with Gasteiger partial charge in [0.15, 0.2) is 0 Å². The molecule has 0 amide bonds. The molecule has 0 aliphatic rings. The monoisotopic (exact) mass is 480 g/mol. The van der Waals surface area contributed by atoms with Crippen molar-refractivity contribution in [2.45, 2.75) is 18.1 Å². The van der Waals surface area contributed by atoms with E-state index in [1.54, 1.807) is 6.92 Å². The van der Waals surface area contributed by atoms with Crippen LogP contribution in [0.25, 0.3) is 22.2 Å². The second-order valence-corrected chi connectivity index (χ2v) is 9.18. The third kappa shape index (κ3) is 3.75. The van der Waals surface area contributed by atoms with Gasteiger partial charge in [0.1, 0.15) is 5.52 Å². The highest BCUT2D eigenvalue weighted by atomic mass is 32.2. The van der Waals surface area contributed by atoms with Crippen molar-refractivity contribution in [1.82, 2.24) is 18.3 Å². The first kappa shape index (κ1) is 22.8. The van der Waals surface area contributed by atoms with E-state index in [2.05, 4.69) is 5.10 Å². The summed E-state index contributed by atoms with van der Waals surface area (Å²) in [7, 11) is -5.30. The molecule has 0 saturated heterocycles. The van der Waals surface area contributed by atoms with Gasteiger partial charge in [0.05, 0.1) is 16.8 Å². The minimum absolute atomic E-state index is 0.140. The maximum atomic E-state index is 13.6. The zero-order valence-corrected chi connectivity index (χ0v) is 18.0. The van der Waals surface area contributed by atoms with Crippen molar-refractivity contribution >= 4 is 33.5 Å². The Labute approximate surface area is 185 Å². The van der Waals surface area contributed by atoms with Crippen LogP contribution in [-0.4, -0.2) is 43.9 Å². The first-order valence-corrected chi connectivity index (χ1v) is 10.8. The Bertz CT molecular complexity index is 1540. The predicted octanol–water partition coefficient (Wildman–Crippen LogP) is 0.905. The fraction of sp³-hybridized carbons (Fsp3) is 0.158. The molecular formula is C19H16BF3N4O5S. The summed E-state index contributed by atoms with van der Waals surface area (Å²) < 4.78 is 67.8. The van der Waals surface area contributed by atoms with Gasteiger partial charge in [0, 0.05) is 35.9 Å². The molecule has 4 rings (SSSR count). The maximum Gasteiger partial charge on any atom is 0.504 e. The molecule has 1 aromatic carbocycles. The number of pyridine rings is 1. The highest BCUT2D eigenvalue weighted by molar-refractivity contribution is 7.90. The van der Waals surface area contributed by atoms with Crippen LogP contribution in [0.15, 0.2) is 58.6 Å². The normalized spacial score (nSPS) is 12.5. The average molecular weight is 480 g/mol. The summed E-state index contributed by atoms with van der Waals surface area (Å²) in [5.41, 5.74) is -1.24. The second kappa shape index (κ2) is 7.61. The van der Waals surface area contributed by atoms with E-state index in [1.165, 1.54) is 31.3 Å². The minimum atomic E-state index is -4.85. The van der Waals surface area contributed by atoms with Crippen LogP contribution in [0, 0.1) is 6.92 Å². The Balaban J connectivity index is 2.15. The van der Waals surface area contributed by atoms with Crippen LogP contribution in [0.1, 0.15) is 5.56 Å². The van der Waals surface area contributed by atoms with Crippen LogP contribution >= 0.6 is 0 Å². The second-order valence-electron chi connectivity index (χ2n) is 7.39. The first-order chi connectivity index (χ1) is 15.3. The molecule has 3 heterocycles. The molecule has 172 valence electrons. The molecule has 0 spiro atoms. The van der Waals surface area contributed by atoms with Gasteiger partial charge in [-0.2, -0.15) is 9.78 Å². The molecule has 3 aromatic heterocycles. The van der Waals surface area contributed by atoms with Gasteiger partial charge in [-0.15, -0.1) is 13.2 Å². The number of rotatable bonds is 4. The van der Waals surface area contributed by atoms with Crippen molar-refractivity contribution < 1.29 is 31.6 Å². The summed E-state index contributed by atoms with van der Waals surface area (Å²) in [4.78, 5) is 12.8. The molecule has 0 radical (unpaired) electrons. The number of hydrogen-bond donors (Lipinski definition) is 2. The Kier molecular flexibility index (Phi) is 5.26. The molecule has 14 heteroatoms. The van der Waals surface area contributed by atoms with Crippen LogP contribution in [0.4, 0.5) is 13.2 Å². The maximum absolute atomic E-state index is 13.6. The zero-order chi connectivity index (χ0) is 24.3. The SMILES string of the molecule is Cc1ccc(S(=O)(=O)n2c(-c3cnn(C(F)(F)F)c3)cc3c(B(O)O)cn(C)c(=O)c32)cc1. The van der Waals surface area contributed by atoms with Crippen molar-refractivity contribution in [2.75, 3.05) is 0 Å². The molecule has 0 aliphatic carbocycles. The molecule has 2 N–H and O–H groups in total. The summed E-state index contributed by atoms with van der Waals surface area (Å²) in [6, 6.07) is 6.78. The van der Waals surface area contributed by atoms with Gasteiger partial charge in [-0.3, -0.25) is 4.79 Å². The molecule has 9 nitrogen and oxygen atoms in total. The minimum Gasteiger partial charge on any atom is -0.423 e. The van der Waals surface area contributed by atoms with Crippen molar-refractivity contribution in [2.24, 2.45) is 7.05 Å². The fourth-order valence-electron chi connectivity index (χ4n) is 3.48. The molecule has 33 heavy (non-hydrogen) atoms. The van der Waals surface area contributed by atoms with Crippen LogP contribution < -0.4 is 11.0 Å². The molecule has 0 unspecified atom stereocenters. The predicted molar refractivity (Wildman–Crippen MR) is 113 cm³/mol. The molecule has 0 saturated carbocycles. The lowest BCUT2D eigenvalue weighted by Gasteiger charge is -2.12. The number of aryl methyl sites for hydroxylation is 2. The van der Waals surface area contributed by atoms with Gasteiger partial charge in [-0.1, -0.05) is 17.7 Å². The summed E-state index contributed by atoms with van der Waals surface area (Å²) in [5.74, 6) is 0. The highest BCUT2D eigenvalue weighted by Crippen LogP contribution is 2.32. The van der Waals surface area contributed by atoms with Crippen molar-refractivity contribution in [1.29, 1.82) is 0 Å². The molecule has 0 bridgehead atoms. The van der Waals surface area contributed by atoms with Gasteiger partial charge < -0.3 is 14.6 Å². The standard InChI is InChI=1S/C19H16BF3N4O5S/c1-11-3-5-13(6-4-11)33(31,32)27-16(12-8-24-26(9-12)19(21,22)23)7-14-15(20(29)30)10-25(2)18(28)17(14)27/h3-10,29-30H,1-2H3. The number of halogens is 3. The number of alkyl halides is 3. The lowest BCUT2D eigenvalue weighted by Crippen LogP contribution is -2.36. The van der Waals surface area contributed by atoms with Crippen LogP contribution in [0.5, 0.6) is 0 Å². The number of nitrogens with zero attached hydrogens (tertiary/aromatic N) is 4. The van der Waals surface area contributed by atoms with Crippen LogP contribution in [0.2, 0.25) is 0 Å². The van der Waals surface area contributed by atoms with E-state index in [0.717, 1.165) is 28.6 Å². The van der Waals surface area contributed by atoms with E-state index in [9.17, 15) is 36.4 Å². The number of fused-ring (bicyclic) bond motifs is 1. The summed E-state index contributed by atoms with van der Waals surface area (Å²) in [6.45, 7) is 1.74. The fourth-order valence-corrected chi connectivity index (χ4v) is 5.01. The van der Waals surface area contributed by atoms with E-state index in [-0.39, 0.29) is 31.7 Å². The molecule has 4 aromatic rings. The van der Waals surface area contributed by atoms with E-state index in [0.29, 0.717) is 10.2 Å². The number of aromatic nitrogens is 4. The van der Waals surface area contributed by atoms with Gasteiger partial charge in [0.2, 0.25) is 0 Å². The van der Waals surface area contributed by atoms with Crippen molar-refractivity contribution in [3.05, 3.63) is 64.8 Å². The average Bonchev–Trinajstić information content (AvgIpc) is 3.36. The molecule has 0 fully saturated rings. The van der Waals surface area contributed by atoms with Crippen molar-refractivity contribution in [3.8, 4) is 11.3 Å². The zero-order valence-electron chi connectivity index (χ0n) is 17.1.